The van der Waals surface area contributed by atoms with Gasteiger partial charge in [0.05, 0.1) is 17.2 Å². The molecule has 28 heavy (non-hydrogen) atoms. The normalized spacial score (nSPS) is 11.0. The van der Waals surface area contributed by atoms with Gasteiger partial charge < -0.3 is 19.4 Å². The molecule has 0 aliphatic heterocycles. The number of nitrogens with zero attached hydrogens (tertiary/aromatic N) is 2. The zero-order valence-electron chi connectivity index (χ0n) is 16.3. The van der Waals surface area contributed by atoms with Crippen molar-refractivity contribution in [3.05, 3.63) is 52.8 Å². The van der Waals surface area contributed by atoms with E-state index in [-0.39, 0.29) is 5.91 Å². The number of aryl methyl sites for hydroxylation is 2. The number of pyridine rings is 1. The lowest BCUT2D eigenvalue weighted by Crippen LogP contribution is -2.13. The second-order valence-corrected chi connectivity index (χ2v) is 7.01. The van der Waals surface area contributed by atoms with Crippen LogP contribution in [0.3, 0.4) is 0 Å². The number of carbonyl (C=O) groups excluding carboxylic acids is 1. The summed E-state index contributed by atoms with van der Waals surface area (Å²) in [6.45, 7) is 3.32. The summed E-state index contributed by atoms with van der Waals surface area (Å²) in [6, 6.07) is 7.26. The Labute approximate surface area is 169 Å². The summed E-state index contributed by atoms with van der Waals surface area (Å²) < 4.78 is 12.6. The predicted octanol–water partition coefficient (Wildman–Crippen LogP) is 4.59. The topological polar surface area (TPSA) is 65.4 Å². The first kappa shape index (κ1) is 20.2. The molecule has 3 rings (SSSR count). The number of methoxy groups -OCH3 is 1. The Bertz CT molecular complexity index is 967. The van der Waals surface area contributed by atoms with E-state index in [1.165, 1.54) is 6.20 Å². The zero-order chi connectivity index (χ0) is 20.1. The van der Waals surface area contributed by atoms with Gasteiger partial charge >= 0.3 is 0 Å². The molecule has 0 unspecified atom stereocenters. The number of nitrogens with one attached hydrogen (secondary N) is 1. The highest BCUT2D eigenvalue weighted by Gasteiger charge is 2.17. The van der Waals surface area contributed by atoms with Gasteiger partial charge in [-0.25, -0.2) is 4.98 Å². The summed E-state index contributed by atoms with van der Waals surface area (Å²) in [7, 11) is 3.59. The molecule has 2 heterocycles. The van der Waals surface area contributed by atoms with Crippen molar-refractivity contribution in [3.8, 4) is 5.75 Å². The number of carbonyl (C=O) groups is 1. The number of anilines is 1. The molecule has 0 aliphatic carbocycles. The molecule has 0 fully saturated rings. The fraction of sp³-hybridized carbons (Fsp3) is 0.333. The van der Waals surface area contributed by atoms with Crippen molar-refractivity contribution >= 4 is 34.2 Å². The number of halogens is 1. The largest absolute Gasteiger partial charge is 0.494 e. The van der Waals surface area contributed by atoms with Crippen LogP contribution in [0.2, 0.25) is 5.02 Å². The third-order valence-electron chi connectivity index (χ3n) is 4.48. The molecule has 6 nitrogen and oxygen atoms in total. The number of hydrogen-bond acceptors (Lipinski definition) is 4. The second-order valence-electron chi connectivity index (χ2n) is 6.63. The maximum Gasteiger partial charge on any atom is 0.258 e. The number of benzene rings is 1. The third kappa shape index (κ3) is 4.46. The van der Waals surface area contributed by atoms with Gasteiger partial charge in [0.1, 0.15) is 11.4 Å². The van der Waals surface area contributed by atoms with E-state index in [0.717, 1.165) is 41.8 Å². The first-order valence-electron chi connectivity index (χ1n) is 9.14. The first-order valence-corrected chi connectivity index (χ1v) is 9.52. The Balaban J connectivity index is 1.65. The monoisotopic (exact) mass is 401 g/mol. The van der Waals surface area contributed by atoms with Crippen LogP contribution in [0.4, 0.5) is 5.69 Å². The van der Waals surface area contributed by atoms with Crippen molar-refractivity contribution in [2.24, 2.45) is 7.05 Å². The average Bonchev–Trinajstić information content (AvgIpc) is 2.97. The molecule has 1 aromatic carbocycles. The van der Waals surface area contributed by atoms with Gasteiger partial charge in [-0.2, -0.15) is 0 Å². The Hall–Kier alpha value is -2.57. The zero-order valence-corrected chi connectivity index (χ0v) is 17.0. The van der Waals surface area contributed by atoms with Crippen molar-refractivity contribution in [3.63, 3.8) is 0 Å². The lowest BCUT2D eigenvalue weighted by Gasteiger charge is -2.10. The van der Waals surface area contributed by atoms with Crippen molar-refractivity contribution in [2.45, 2.75) is 19.8 Å². The van der Waals surface area contributed by atoms with Gasteiger partial charge in [-0.1, -0.05) is 11.6 Å². The lowest BCUT2D eigenvalue weighted by atomic mass is 10.1. The van der Waals surface area contributed by atoms with Crippen molar-refractivity contribution in [1.82, 2.24) is 9.55 Å². The van der Waals surface area contributed by atoms with Crippen LogP contribution in [0.25, 0.3) is 11.0 Å². The molecule has 0 atom stereocenters. The van der Waals surface area contributed by atoms with Gasteiger partial charge in [0, 0.05) is 44.2 Å². The Morgan fingerprint density at radius 1 is 1.21 bits per heavy atom. The third-order valence-corrected chi connectivity index (χ3v) is 4.87. The minimum atomic E-state index is -0.295. The van der Waals surface area contributed by atoms with E-state index in [1.807, 2.05) is 36.9 Å². The molecular weight excluding hydrogens is 378 g/mol. The molecule has 0 bridgehead atoms. The van der Waals surface area contributed by atoms with Gasteiger partial charge in [-0.3, -0.25) is 4.79 Å². The van der Waals surface area contributed by atoms with Gasteiger partial charge in [-0.15, -0.1) is 0 Å². The lowest BCUT2D eigenvalue weighted by molar-refractivity contribution is 0.102. The number of aromatic nitrogens is 2. The van der Waals surface area contributed by atoms with Crippen LogP contribution in [-0.4, -0.2) is 35.8 Å². The molecule has 0 aliphatic rings. The van der Waals surface area contributed by atoms with E-state index < -0.39 is 0 Å². The molecule has 1 N–H and O–H groups in total. The van der Waals surface area contributed by atoms with Crippen molar-refractivity contribution in [2.75, 3.05) is 25.6 Å². The fourth-order valence-corrected chi connectivity index (χ4v) is 3.41. The smallest absolute Gasteiger partial charge is 0.258 e. The summed E-state index contributed by atoms with van der Waals surface area (Å²) in [5, 5.41) is 4.07. The number of hydrogen-bond donors (Lipinski definition) is 1. The molecular formula is C21H24ClN3O3. The summed E-state index contributed by atoms with van der Waals surface area (Å²) in [4.78, 5) is 17.1. The van der Waals surface area contributed by atoms with E-state index >= 15 is 0 Å². The van der Waals surface area contributed by atoms with E-state index in [0.29, 0.717) is 22.9 Å². The van der Waals surface area contributed by atoms with Gasteiger partial charge in [0.25, 0.3) is 5.91 Å². The Morgan fingerprint density at radius 3 is 2.64 bits per heavy atom. The highest BCUT2D eigenvalue weighted by molar-refractivity contribution is 6.39. The van der Waals surface area contributed by atoms with Gasteiger partial charge in [0.15, 0.2) is 0 Å². The molecule has 1 amide bonds. The number of unbranched alkanes of at least 4 members (excludes halogenated alkanes) is 1. The standard InChI is InChI=1S/C21H24ClN3O3/c1-14-13-25(2)20-18(14)19(22)17(12-23-20)21(26)24-15-6-8-16(9-7-15)28-11-5-4-10-27-3/h6-9,12-13H,4-5,10-11H2,1-3H3,(H,24,26). The second kappa shape index (κ2) is 9.08. The number of amides is 1. The van der Waals surface area contributed by atoms with Crippen LogP contribution in [0.1, 0.15) is 28.8 Å². The Morgan fingerprint density at radius 2 is 1.93 bits per heavy atom. The summed E-state index contributed by atoms with van der Waals surface area (Å²) in [5.74, 6) is 0.465. The molecule has 7 heteroatoms. The number of fused-ring (bicyclic) bond motifs is 1. The van der Waals surface area contributed by atoms with E-state index in [9.17, 15) is 4.79 Å². The SMILES string of the molecule is COCCCCOc1ccc(NC(=O)c2cnc3c(c(C)cn3C)c2Cl)cc1. The van der Waals surface area contributed by atoms with E-state index in [1.54, 1.807) is 19.2 Å². The van der Waals surface area contributed by atoms with E-state index in [4.69, 9.17) is 21.1 Å². The minimum absolute atomic E-state index is 0.295. The highest BCUT2D eigenvalue weighted by atomic mass is 35.5. The fourth-order valence-electron chi connectivity index (χ4n) is 3.04. The molecule has 0 radical (unpaired) electrons. The van der Waals surface area contributed by atoms with E-state index in [2.05, 4.69) is 10.3 Å². The predicted molar refractivity (Wildman–Crippen MR) is 111 cm³/mol. The first-order chi connectivity index (χ1) is 13.5. The molecule has 2 aromatic heterocycles. The van der Waals surface area contributed by atoms with Crippen LogP contribution >= 0.6 is 11.6 Å². The summed E-state index contributed by atoms with van der Waals surface area (Å²) in [5.41, 5.74) is 2.75. The maximum atomic E-state index is 12.7. The average molecular weight is 402 g/mol. The van der Waals surface area contributed by atoms with Crippen LogP contribution in [0.5, 0.6) is 5.75 Å². The Kier molecular flexibility index (Phi) is 6.54. The molecule has 3 aromatic rings. The maximum absolute atomic E-state index is 12.7. The van der Waals surface area contributed by atoms with Crippen LogP contribution in [0.15, 0.2) is 36.7 Å². The van der Waals surface area contributed by atoms with Crippen molar-refractivity contribution < 1.29 is 14.3 Å². The van der Waals surface area contributed by atoms with Gasteiger partial charge in [-0.05, 0) is 49.6 Å². The van der Waals surface area contributed by atoms with Crippen LogP contribution < -0.4 is 10.1 Å². The minimum Gasteiger partial charge on any atom is -0.494 e. The number of rotatable bonds is 8. The van der Waals surface area contributed by atoms with Gasteiger partial charge in [0.2, 0.25) is 0 Å². The van der Waals surface area contributed by atoms with Crippen LogP contribution in [0, 0.1) is 6.92 Å². The molecule has 148 valence electrons. The quantitative estimate of drug-likeness (QED) is 0.560. The summed E-state index contributed by atoms with van der Waals surface area (Å²) >= 11 is 6.50. The summed E-state index contributed by atoms with van der Waals surface area (Å²) in [6.07, 6.45) is 5.35. The number of ether oxygens (including phenoxy) is 2. The molecule has 0 spiro atoms. The molecule has 0 saturated carbocycles. The highest BCUT2D eigenvalue weighted by Crippen LogP contribution is 2.30. The molecule has 0 saturated heterocycles. The van der Waals surface area contributed by atoms with Crippen molar-refractivity contribution in [1.29, 1.82) is 0 Å². The van der Waals surface area contributed by atoms with Crippen LogP contribution in [-0.2, 0) is 11.8 Å².